The quantitative estimate of drug-likeness (QED) is 0.360. The van der Waals surface area contributed by atoms with Gasteiger partial charge in [-0.15, -0.1) is 11.3 Å². The highest BCUT2D eigenvalue weighted by atomic mass is 35.5. The Morgan fingerprint density at radius 2 is 1.75 bits per heavy atom. The Bertz CT molecular complexity index is 1270. The summed E-state index contributed by atoms with van der Waals surface area (Å²) in [5.41, 5.74) is 6.12. The molecule has 190 valence electrons. The molecule has 5 nitrogen and oxygen atoms in total. The first kappa shape index (κ1) is 24.5. The molecule has 1 amide bonds. The third kappa shape index (κ3) is 4.62. The van der Waals surface area contributed by atoms with Gasteiger partial charge in [0.1, 0.15) is 0 Å². The topological polar surface area (TPSA) is 50.2 Å². The second-order valence-electron chi connectivity index (χ2n) is 10.7. The molecule has 1 aliphatic heterocycles. The van der Waals surface area contributed by atoms with E-state index in [1.165, 1.54) is 56.2 Å². The smallest absolute Gasteiger partial charge is 0.283 e. The Morgan fingerprint density at radius 1 is 1.00 bits per heavy atom. The summed E-state index contributed by atoms with van der Waals surface area (Å²) in [6.07, 6.45) is 10.3. The van der Waals surface area contributed by atoms with Crippen LogP contribution in [0.5, 0.6) is 0 Å². The summed E-state index contributed by atoms with van der Waals surface area (Å²) < 4.78 is 1.83. The zero-order chi connectivity index (χ0) is 24.8. The van der Waals surface area contributed by atoms with Crippen molar-refractivity contribution in [3.8, 4) is 16.3 Å². The van der Waals surface area contributed by atoms with E-state index >= 15 is 0 Å². The highest BCUT2D eigenvalue weighted by Gasteiger charge is 2.37. The number of aromatic nitrogens is 2. The second-order valence-corrected chi connectivity index (χ2v) is 12.6. The number of halogens is 2. The zero-order valence-corrected chi connectivity index (χ0v) is 22.9. The number of thiophene rings is 1. The van der Waals surface area contributed by atoms with Gasteiger partial charge in [0.05, 0.1) is 21.3 Å². The van der Waals surface area contributed by atoms with Crippen LogP contribution in [-0.4, -0.2) is 33.8 Å². The van der Waals surface area contributed by atoms with Crippen molar-refractivity contribution in [3.63, 3.8) is 0 Å². The minimum absolute atomic E-state index is 0.151. The van der Waals surface area contributed by atoms with Crippen LogP contribution in [-0.2, 0) is 0 Å². The summed E-state index contributed by atoms with van der Waals surface area (Å²) in [7, 11) is 0. The second kappa shape index (κ2) is 10.1. The van der Waals surface area contributed by atoms with Crippen LogP contribution in [0.25, 0.3) is 16.3 Å². The Labute approximate surface area is 226 Å². The minimum Gasteiger partial charge on any atom is -0.283 e. The van der Waals surface area contributed by atoms with Crippen LogP contribution in [0.1, 0.15) is 78.2 Å². The minimum atomic E-state index is -0.151. The maximum absolute atomic E-state index is 13.5. The average Bonchev–Trinajstić information content (AvgIpc) is 3.63. The highest BCUT2D eigenvalue weighted by Crippen LogP contribution is 2.42. The number of nitrogens with one attached hydrogen (secondary N) is 1. The van der Waals surface area contributed by atoms with E-state index in [1.807, 2.05) is 35.1 Å². The standard InChI is InChI=1S/C28H32Cl2N4OS/c1-17-26(28(35)32-33-15-19-8-5-9-20(19)16-33)31-34(23-11-10-21(29)14-22(23)30)27(17)25-13-12-24(36-25)18-6-3-2-4-7-18/h10-14,18-20H,2-9,15-16H2,1H3,(H,32,35). The maximum Gasteiger partial charge on any atom is 0.286 e. The molecule has 2 saturated carbocycles. The van der Waals surface area contributed by atoms with Gasteiger partial charge in [-0.1, -0.05) is 48.9 Å². The number of fused-ring (bicyclic) bond motifs is 1. The van der Waals surface area contributed by atoms with Gasteiger partial charge >= 0.3 is 0 Å². The molecule has 2 aliphatic carbocycles. The lowest BCUT2D eigenvalue weighted by molar-refractivity contribution is 0.0808. The normalized spacial score (nSPS) is 22.8. The Kier molecular flexibility index (Phi) is 6.89. The molecule has 1 N–H and O–H groups in total. The summed E-state index contributed by atoms with van der Waals surface area (Å²) in [5, 5.41) is 8.01. The van der Waals surface area contributed by atoms with Crippen molar-refractivity contribution in [2.24, 2.45) is 11.8 Å². The van der Waals surface area contributed by atoms with Gasteiger partial charge in [-0.3, -0.25) is 10.2 Å². The molecule has 0 bridgehead atoms. The van der Waals surface area contributed by atoms with Crippen LogP contribution in [0.2, 0.25) is 10.0 Å². The van der Waals surface area contributed by atoms with E-state index in [-0.39, 0.29) is 5.91 Å². The van der Waals surface area contributed by atoms with E-state index in [0.717, 1.165) is 34.9 Å². The molecule has 36 heavy (non-hydrogen) atoms. The van der Waals surface area contributed by atoms with Crippen LogP contribution in [0.15, 0.2) is 30.3 Å². The van der Waals surface area contributed by atoms with Crippen LogP contribution in [0.3, 0.4) is 0 Å². The number of nitrogens with zero attached hydrogens (tertiary/aromatic N) is 3. The number of carbonyl (C=O) groups is 1. The lowest BCUT2D eigenvalue weighted by atomic mass is 9.88. The van der Waals surface area contributed by atoms with Crippen LogP contribution in [0.4, 0.5) is 0 Å². The molecule has 3 aliphatic rings. The van der Waals surface area contributed by atoms with Crippen molar-refractivity contribution in [3.05, 3.63) is 56.5 Å². The van der Waals surface area contributed by atoms with Gasteiger partial charge in [0.15, 0.2) is 5.69 Å². The lowest BCUT2D eigenvalue weighted by Crippen LogP contribution is -2.41. The molecule has 0 radical (unpaired) electrons. The Balaban J connectivity index is 1.36. The van der Waals surface area contributed by atoms with Gasteiger partial charge in [0.25, 0.3) is 5.91 Å². The van der Waals surface area contributed by atoms with Crippen molar-refractivity contribution in [2.75, 3.05) is 13.1 Å². The van der Waals surface area contributed by atoms with Gasteiger partial charge < -0.3 is 0 Å². The number of benzene rings is 1. The van der Waals surface area contributed by atoms with Crippen LogP contribution >= 0.6 is 34.5 Å². The first-order valence-electron chi connectivity index (χ1n) is 13.2. The predicted octanol–water partition coefficient (Wildman–Crippen LogP) is 7.64. The van der Waals surface area contributed by atoms with Crippen LogP contribution in [0, 0.1) is 18.8 Å². The summed E-state index contributed by atoms with van der Waals surface area (Å²) in [6.45, 7) is 3.86. The average molecular weight is 544 g/mol. The molecule has 0 spiro atoms. The van der Waals surface area contributed by atoms with E-state index in [9.17, 15) is 4.79 Å². The van der Waals surface area contributed by atoms with Crippen LogP contribution < -0.4 is 5.43 Å². The summed E-state index contributed by atoms with van der Waals surface area (Å²) in [6, 6.07) is 9.86. The van der Waals surface area contributed by atoms with Gasteiger partial charge in [0, 0.05) is 28.6 Å². The van der Waals surface area contributed by atoms with Gasteiger partial charge in [-0.25, -0.2) is 9.69 Å². The lowest BCUT2D eigenvalue weighted by Gasteiger charge is -2.20. The van der Waals surface area contributed by atoms with Crippen molar-refractivity contribution >= 4 is 40.4 Å². The largest absolute Gasteiger partial charge is 0.286 e. The van der Waals surface area contributed by atoms with Crippen molar-refractivity contribution in [1.82, 2.24) is 20.2 Å². The van der Waals surface area contributed by atoms with Gasteiger partial charge in [-0.05, 0) is 80.7 Å². The molecule has 3 aromatic rings. The fourth-order valence-corrected chi connectivity index (χ4v) is 8.19. The molecule has 1 saturated heterocycles. The number of amides is 1. The molecule has 3 fully saturated rings. The molecule has 2 aromatic heterocycles. The maximum atomic E-state index is 13.5. The molecule has 1 aromatic carbocycles. The molecule has 2 unspecified atom stereocenters. The molecule has 2 atom stereocenters. The summed E-state index contributed by atoms with van der Waals surface area (Å²) >= 11 is 14.6. The predicted molar refractivity (Wildman–Crippen MR) is 147 cm³/mol. The molecular formula is C28H32Cl2N4OS. The first-order chi connectivity index (χ1) is 17.5. The fraction of sp³-hybridized carbons (Fsp3) is 0.500. The Morgan fingerprint density at radius 3 is 2.47 bits per heavy atom. The summed E-state index contributed by atoms with van der Waals surface area (Å²) in [4.78, 5) is 16.0. The first-order valence-corrected chi connectivity index (χ1v) is 14.8. The van der Waals surface area contributed by atoms with Gasteiger partial charge in [-0.2, -0.15) is 5.10 Å². The number of carbonyl (C=O) groups excluding carboxylic acids is 1. The highest BCUT2D eigenvalue weighted by molar-refractivity contribution is 7.15. The molecular weight excluding hydrogens is 511 g/mol. The van der Waals surface area contributed by atoms with Crippen molar-refractivity contribution in [2.45, 2.75) is 64.2 Å². The number of hydrazine groups is 1. The third-order valence-corrected chi connectivity index (χ3v) is 10.1. The third-order valence-electron chi connectivity index (χ3n) is 8.33. The molecule has 6 rings (SSSR count). The van der Waals surface area contributed by atoms with E-state index in [0.29, 0.717) is 33.5 Å². The summed E-state index contributed by atoms with van der Waals surface area (Å²) in [5.74, 6) is 1.89. The van der Waals surface area contributed by atoms with E-state index < -0.39 is 0 Å². The van der Waals surface area contributed by atoms with Crippen molar-refractivity contribution in [1.29, 1.82) is 0 Å². The fourth-order valence-electron chi connectivity index (χ4n) is 6.44. The molecule has 8 heteroatoms. The number of hydrogen-bond acceptors (Lipinski definition) is 4. The number of rotatable bonds is 5. The monoisotopic (exact) mass is 542 g/mol. The number of hydrogen-bond donors (Lipinski definition) is 1. The van der Waals surface area contributed by atoms with Crippen molar-refractivity contribution < 1.29 is 4.79 Å². The Hall–Kier alpha value is -1.86. The SMILES string of the molecule is Cc1c(C(=O)NN2CC3CCCC3C2)nn(-c2ccc(Cl)cc2Cl)c1-c1ccc(C2CCCCC2)s1. The van der Waals surface area contributed by atoms with E-state index in [4.69, 9.17) is 28.3 Å². The molecule has 3 heterocycles. The van der Waals surface area contributed by atoms with Gasteiger partial charge in [0.2, 0.25) is 0 Å². The van der Waals surface area contributed by atoms with E-state index in [1.54, 1.807) is 6.07 Å². The zero-order valence-electron chi connectivity index (χ0n) is 20.6. The van der Waals surface area contributed by atoms with E-state index in [2.05, 4.69) is 22.6 Å².